The van der Waals surface area contributed by atoms with Crippen LogP contribution in [0.1, 0.15) is 27.8 Å². The average Bonchev–Trinajstić information content (AvgIpc) is 3.14. The summed E-state index contributed by atoms with van der Waals surface area (Å²) in [4.78, 5) is 0. The quantitative estimate of drug-likeness (QED) is 0.131. The molecule has 0 aromatic heterocycles. The Hall–Kier alpha value is -4.14. The van der Waals surface area contributed by atoms with Gasteiger partial charge in [-0.25, -0.2) is 0 Å². The normalized spacial score (nSPS) is 22.6. The van der Waals surface area contributed by atoms with Crippen LogP contribution in [0.2, 0.25) is 0 Å². The van der Waals surface area contributed by atoms with Crippen molar-refractivity contribution in [1.82, 2.24) is 0 Å². The fourth-order valence-corrected chi connectivity index (χ4v) is 5.93. The summed E-state index contributed by atoms with van der Waals surface area (Å²) < 4.78 is 33.3. The Labute approximate surface area is 277 Å². The maximum Gasteiger partial charge on any atom is 0.116 e. The van der Waals surface area contributed by atoms with Crippen molar-refractivity contribution in [1.29, 1.82) is 0 Å². The maximum absolute atomic E-state index is 12.2. The predicted octanol–water partition coefficient (Wildman–Crippen LogP) is 7.29. The van der Waals surface area contributed by atoms with Gasteiger partial charge in [-0.3, -0.25) is 0 Å². The second-order valence-corrected chi connectivity index (χ2v) is 11.8. The van der Waals surface area contributed by atoms with Gasteiger partial charge in [0.2, 0.25) is 0 Å². The van der Waals surface area contributed by atoms with Crippen LogP contribution in [0.25, 0.3) is 0 Å². The molecule has 6 heteroatoms. The molecule has 1 fully saturated rings. The molecule has 6 atom stereocenters. The van der Waals surface area contributed by atoms with Crippen molar-refractivity contribution in [2.45, 2.75) is 69.7 Å². The Bertz CT molecular complexity index is 1470. The van der Waals surface area contributed by atoms with Crippen LogP contribution in [0.4, 0.5) is 0 Å². The minimum Gasteiger partial charge on any atom is -0.387 e. The molecule has 47 heavy (non-hydrogen) atoms. The third-order valence-corrected chi connectivity index (χ3v) is 8.39. The molecule has 0 heterocycles. The van der Waals surface area contributed by atoms with Crippen molar-refractivity contribution in [2.75, 3.05) is 0 Å². The summed E-state index contributed by atoms with van der Waals surface area (Å²) in [5.74, 6) is 0. The summed E-state index contributed by atoms with van der Waals surface area (Å²) in [5.41, 5.74) is 5.02. The summed E-state index contributed by atoms with van der Waals surface area (Å²) in [6.07, 6.45) is -4.58. The molecule has 0 amide bonds. The molecule has 1 aliphatic rings. The Morgan fingerprint density at radius 1 is 0.298 bits per heavy atom. The van der Waals surface area contributed by atoms with Gasteiger partial charge in [-0.05, 0) is 27.8 Å². The van der Waals surface area contributed by atoms with E-state index in [-0.39, 0.29) is 0 Å². The number of benzene rings is 5. The first-order valence-electron chi connectivity index (χ1n) is 16.2. The van der Waals surface area contributed by atoms with Crippen LogP contribution in [0.15, 0.2) is 152 Å². The van der Waals surface area contributed by atoms with Gasteiger partial charge in [-0.15, -0.1) is 0 Å². The van der Waals surface area contributed by atoms with E-state index in [0.717, 1.165) is 27.8 Å². The Balaban J connectivity index is 1.35. The van der Waals surface area contributed by atoms with Crippen molar-refractivity contribution in [3.8, 4) is 0 Å². The number of ether oxygens (including phenoxy) is 5. The molecule has 6 rings (SSSR count). The molecule has 0 bridgehead atoms. The number of hydrogen-bond donors (Lipinski definition) is 1. The molecule has 0 radical (unpaired) electrons. The lowest BCUT2D eigenvalue weighted by atomic mass is 9.83. The van der Waals surface area contributed by atoms with Crippen molar-refractivity contribution in [3.63, 3.8) is 0 Å². The van der Waals surface area contributed by atoms with Gasteiger partial charge in [-0.1, -0.05) is 152 Å². The first-order chi connectivity index (χ1) is 23.2. The van der Waals surface area contributed by atoms with E-state index < -0.39 is 36.6 Å². The average molecular weight is 631 g/mol. The van der Waals surface area contributed by atoms with Crippen LogP contribution in [-0.2, 0) is 56.7 Å². The van der Waals surface area contributed by atoms with Crippen LogP contribution in [0.5, 0.6) is 0 Å². The van der Waals surface area contributed by atoms with Crippen LogP contribution < -0.4 is 0 Å². The highest BCUT2D eigenvalue weighted by atomic mass is 16.6. The van der Waals surface area contributed by atoms with E-state index in [1.54, 1.807) is 0 Å². The fraction of sp³-hybridized carbons (Fsp3) is 0.268. The van der Waals surface area contributed by atoms with E-state index >= 15 is 0 Å². The van der Waals surface area contributed by atoms with Gasteiger partial charge in [0.15, 0.2) is 0 Å². The van der Waals surface area contributed by atoms with Gasteiger partial charge in [0, 0.05) is 0 Å². The number of aliphatic hydroxyl groups is 1. The molecule has 1 aliphatic carbocycles. The first-order valence-corrected chi connectivity index (χ1v) is 16.2. The lowest BCUT2D eigenvalue weighted by molar-refractivity contribution is -0.283. The SMILES string of the molecule is O[C@@H]1[C@H](OCc2ccccc2)[C@H](OCc2ccccc2)[C@@H](OCc2ccccc2)[C@H](OCc2ccccc2)[C@H]1OCc1ccccc1. The minimum absolute atomic E-state index is 0.292. The molecule has 6 nitrogen and oxygen atoms in total. The van der Waals surface area contributed by atoms with Crippen molar-refractivity contribution >= 4 is 0 Å². The fourth-order valence-electron chi connectivity index (χ4n) is 5.93. The molecule has 0 aliphatic heterocycles. The molecule has 0 saturated heterocycles. The van der Waals surface area contributed by atoms with Gasteiger partial charge in [0.1, 0.15) is 36.6 Å². The highest BCUT2D eigenvalue weighted by molar-refractivity contribution is 5.18. The molecular weight excluding hydrogens is 588 g/mol. The molecule has 1 saturated carbocycles. The molecule has 5 aromatic rings. The maximum atomic E-state index is 12.2. The van der Waals surface area contributed by atoms with E-state index in [9.17, 15) is 5.11 Å². The smallest absolute Gasteiger partial charge is 0.116 e. The van der Waals surface area contributed by atoms with Crippen LogP contribution in [0, 0.1) is 0 Å². The molecule has 5 aromatic carbocycles. The molecule has 0 spiro atoms. The number of aliphatic hydroxyl groups excluding tert-OH is 1. The van der Waals surface area contributed by atoms with Crippen molar-refractivity contribution in [2.24, 2.45) is 0 Å². The lowest BCUT2D eigenvalue weighted by Gasteiger charge is -2.48. The first kappa shape index (κ1) is 32.8. The highest BCUT2D eigenvalue weighted by Crippen LogP contribution is 2.35. The van der Waals surface area contributed by atoms with Gasteiger partial charge in [0.25, 0.3) is 0 Å². The zero-order valence-electron chi connectivity index (χ0n) is 26.4. The van der Waals surface area contributed by atoms with E-state index in [1.165, 1.54) is 0 Å². The summed E-state index contributed by atoms with van der Waals surface area (Å²) in [5, 5.41) is 12.2. The third-order valence-electron chi connectivity index (χ3n) is 8.39. The Morgan fingerprint density at radius 3 is 0.723 bits per heavy atom. The van der Waals surface area contributed by atoms with Crippen LogP contribution in [0.3, 0.4) is 0 Å². The number of hydrogen-bond acceptors (Lipinski definition) is 6. The monoisotopic (exact) mass is 630 g/mol. The van der Waals surface area contributed by atoms with E-state index in [1.807, 2.05) is 152 Å². The molecule has 1 N–H and O–H groups in total. The van der Waals surface area contributed by atoms with Gasteiger partial charge in [-0.2, -0.15) is 0 Å². The molecule has 242 valence electrons. The van der Waals surface area contributed by atoms with Gasteiger partial charge >= 0.3 is 0 Å². The third kappa shape index (κ3) is 9.24. The topological polar surface area (TPSA) is 66.4 Å². The second-order valence-electron chi connectivity index (χ2n) is 11.8. The van der Waals surface area contributed by atoms with E-state index in [2.05, 4.69) is 0 Å². The molecular formula is C41H42O6. The lowest BCUT2D eigenvalue weighted by Crippen LogP contribution is -2.66. The van der Waals surface area contributed by atoms with Crippen molar-refractivity contribution in [3.05, 3.63) is 179 Å². The zero-order valence-corrected chi connectivity index (χ0v) is 26.4. The summed E-state index contributed by atoms with van der Waals surface area (Å²) >= 11 is 0. The summed E-state index contributed by atoms with van der Waals surface area (Å²) in [7, 11) is 0. The van der Waals surface area contributed by atoms with E-state index in [4.69, 9.17) is 23.7 Å². The predicted molar refractivity (Wildman–Crippen MR) is 181 cm³/mol. The highest BCUT2D eigenvalue weighted by Gasteiger charge is 2.54. The standard InChI is InChI=1S/C41H42O6/c42-36-37(43-26-31-16-6-1-7-17-31)39(45-28-33-20-10-3-11-21-33)41(47-30-35-24-14-5-15-25-35)40(46-29-34-22-12-4-13-23-34)38(36)44-27-32-18-8-2-9-19-32/h1-25,36-42H,26-30H2/t36-,37-,38-,39+,40-,41-/m0/s1. The summed E-state index contributed by atoms with van der Waals surface area (Å²) in [6.45, 7) is 1.54. The minimum atomic E-state index is -1.07. The largest absolute Gasteiger partial charge is 0.387 e. The van der Waals surface area contributed by atoms with E-state index in [0.29, 0.717) is 33.0 Å². The number of rotatable bonds is 15. The van der Waals surface area contributed by atoms with Gasteiger partial charge in [0.05, 0.1) is 33.0 Å². The second kappa shape index (κ2) is 17.1. The van der Waals surface area contributed by atoms with Crippen LogP contribution >= 0.6 is 0 Å². The van der Waals surface area contributed by atoms with Crippen molar-refractivity contribution < 1.29 is 28.8 Å². The Kier molecular flexibility index (Phi) is 12.0. The molecule has 0 unspecified atom stereocenters. The zero-order chi connectivity index (χ0) is 32.1. The van der Waals surface area contributed by atoms with Crippen LogP contribution in [-0.4, -0.2) is 41.7 Å². The summed E-state index contributed by atoms with van der Waals surface area (Å²) in [6, 6.07) is 49.9. The van der Waals surface area contributed by atoms with Gasteiger partial charge < -0.3 is 28.8 Å². The Morgan fingerprint density at radius 2 is 0.489 bits per heavy atom.